The van der Waals surface area contributed by atoms with Gasteiger partial charge in [0.1, 0.15) is 0 Å². The smallest absolute Gasteiger partial charge is 0.310 e. The normalized spacial score (nSPS) is 20.8. The number of fused-ring (bicyclic) bond motifs is 1. The molecule has 1 aliphatic heterocycles. The van der Waals surface area contributed by atoms with E-state index in [1.165, 1.54) is 0 Å². The molecule has 2 aliphatic rings. The Morgan fingerprint density at radius 3 is 2.46 bits per heavy atom. The fourth-order valence-corrected chi connectivity index (χ4v) is 5.63. The number of hydrogen-bond donors (Lipinski definition) is 0. The first-order valence-corrected chi connectivity index (χ1v) is 11.4. The molecule has 1 saturated heterocycles. The van der Waals surface area contributed by atoms with Gasteiger partial charge in [-0.05, 0) is 35.6 Å². The molecule has 1 amide bonds. The van der Waals surface area contributed by atoms with Gasteiger partial charge in [0.15, 0.2) is 16.4 Å². The van der Waals surface area contributed by atoms with Crippen molar-refractivity contribution in [3.8, 4) is 0 Å². The van der Waals surface area contributed by atoms with Gasteiger partial charge in [0, 0.05) is 12.1 Å². The van der Waals surface area contributed by atoms with Gasteiger partial charge in [-0.3, -0.25) is 9.59 Å². The maximum atomic E-state index is 12.6. The number of carbonyl (C=O) groups is 2. The molecule has 2 fully saturated rings. The minimum atomic E-state index is -3.07. The van der Waals surface area contributed by atoms with Crippen molar-refractivity contribution in [3.05, 3.63) is 48.0 Å². The summed E-state index contributed by atoms with van der Waals surface area (Å²) in [7, 11) is -3.07. The lowest BCUT2D eigenvalue weighted by Crippen LogP contribution is -2.44. The van der Waals surface area contributed by atoms with Gasteiger partial charge in [-0.1, -0.05) is 42.5 Å². The number of sulfone groups is 1. The molecule has 0 N–H and O–H groups in total. The molecule has 0 bridgehead atoms. The summed E-state index contributed by atoms with van der Waals surface area (Å²) in [5.74, 6) is -0.621. The predicted molar refractivity (Wildman–Crippen MR) is 106 cm³/mol. The molecule has 4 rings (SSSR count). The van der Waals surface area contributed by atoms with Crippen LogP contribution in [0.25, 0.3) is 10.8 Å². The Labute approximate surface area is 164 Å². The molecule has 1 aliphatic carbocycles. The maximum absolute atomic E-state index is 12.6. The molecule has 0 unspecified atom stereocenters. The topological polar surface area (TPSA) is 80.8 Å². The number of esters is 1. The van der Waals surface area contributed by atoms with Gasteiger partial charge in [-0.15, -0.1) is 0 Å². The van der Waals surface area contributed by atoms with E-state index in [-0.39, 0.29) is 42.5 Å². The Morgan fingerprint density at radius 2 is 1.75 bits per heavy atom. The number of amides is 1. The van der Waals surface area contributed by atoms with Crippen molar-refractivity contribution in [2.24, 2.45) is 0 Å². The minimum absolute atomic E-state index is 0.0131. The van der Waals surface area contributed by atoms with Crippen LogP contribution in [-0.4, -0.2) is 55.4 Å². The average Bonchev–Trinajstić information content (AvgIpc) is 3.43. The van der Waals surface area contributed by atoms with Crippen LogP contribution < -0.4 is 0 Å². The second-order valence-corrected chi connectivity index (χ2v) is 9.79. The number of carbonyl (C=O) groups excluding carboxylic acids is 2. The van der Waals surface area contributed by atoms with Crippen molar-refractivity contribution in [1.82, 2.24) is 4.90 Å². The second-order valence-electron chi connectivity index (χ2n) is 7.56. The molecule has 0 spiro atoms. The van der Waals surface area contributed by atoms with Gasteiger partial charge in [0.05, 0.1) is 17.9 Å². The van der Waals surface area contributed by atoms with E-state index in [1.54, 1.807) is 4.90 Å². The standard InChI is InChI=1S/C21H23NO5S/c23-20(22(17-8-9-17)18-10-11-28(25,26)14-18)13-27-21(24)12-16-6-3-5-15-4-1-2-7-19(15)16/h1-7,17-18H,8-14H2/t18-/m1/s1. The summed E-state index contributed by atoms with van der Waals surface area (Å²) in [6.07, 6.45) is 2.32. The minimum Gasteiger partial charge on any atom is -0.455 e. The fourth-order valence-electron chi connectivity index (χ4n) is 3.92. The molecular formula is C21H23NO5S. The van der Waals surface area contributed by atoms with Gasteiger partial charge in [0.2, 0.25) is 0 Å². The lowest BCUT2D eigenvalue weighted by molar-refractivity contribution is -0.152. The van der Waals surface area contributed by atoms with Crippen LogP contribution in [0.15, 0.2) is 42.5 Å². The Hall–Kier alpha value is -2.41. The summed E-state index contributed by atoms with van der Waals surface area (Å²) < 4.78 is 28.8. The molecular weight excluding hydrogens is 378 g/mol. The van der Waals surface area contributed by atoms with E-state index < -0.39 is 15.8 Å². The van der Waals surface area contributed by atoms with E-state index in [4.69, 9.17) is 4.74 Å². The van der Waals surface area contributed by atoms with Crippen molar-refractivity contribution >= 4 is 32.5 Å². The molecule has 0 radical (unpaired) electrons. The van der Waals surface area contributed by atoms with Crippen LogP contribution >= 0.6 is 0 Å². The SMILES string of the molecule is O=C(Cc1cccc2ccccc12)OCC(=O)N(C1CC1)[C@@H]1CCS(=O)(=O)C1. The van der Waals surface area contributed by atoms with Crippen LogP contribution in [0.3, 0.4) is 0 Å². The third kappa shape index (κ3) is 4.19. The molecule has 148 valence electrons. The molecule has 28 heavy (non-hydrogen) atoms. The third-order valence-corrected chi connectivity index (χ3v) is 7.15. The van der Waals surface area contributed by atoms with Crippen molar-refractivity contribution in [2.45, 2.75) is 37.8 Å². The van der Waals surface area contributed by atoms with Crippen LogP contribution in [-0.2, 0) is 30.6 Å². The lowest BCUT2D eigenvalue weighted by atomic mass is 10.0. The lowest BCUT2D eigenvalue weighted by Gasteiger charge is -2.28. The molecule has 2 aromatic carbocycles. The van der Waals surface area contributed by atoms with Crippen molar-refractivity contribution < 1.29 is 22.7 Å². The maximum Gasteiger partial charge on any atom is 0.310 e. The van der Waals surface area contributed by atoms with Crippen LogP contribution in [0.2, 0.25) is 0 Å². The van der Waals surface area contributed by atoms with Crippen molar-refractivity contribution in [1.29, 1.82) is 0 Å². The first-order chi connectivity index (χ1) is 13.4. The first-order valence-electron chi connectivity index (χ1n) is 9.57. The average molecular weight is 401 g/mol. The number of nitrogens with zero attached hydrogens (tertiary/aromatic N) is 1. The van der Waals surface area contributed by atoms with Gasteiger partial charge in [-0.2, -0.15) is 0 Å². The Balaban J connectivity index is 1.38. The van der Waals surface area contributed by atoms with Crippen LogP contribution in [0.5, 0.6) is 0 Å². The highest BCUT2D eigenvalue weighted by Crippen LogP contribution is 2.32. The largest absolute Gasteiger partial charge is 0.455 e. The predicted octanol–water partition coefficient (Wildman–Crippen LogP) is 2.10. The van der Waals surface area contributed by atoms with E-state index in [1.807, 2.05) is 42.5 Å². The number of benzene rings is 2. The molecule has 1 atom stereocenters. The zero-order chi connectivity index (χ0) is 19.7. The van der Waals surface area contributed by atoms with E-state index in [0.717, 1.165) is 29.2 Å². The van der Waals surface area contributed by atoms with Gasteiger partial charge < -0.3 is 9.64 Å². The zero-order valence-corrected chi connectivity index (χ0v) is 16.4. The number of ether oxygens (including phenoxy) is 1. The summed E-state index contributed by atoms with van der Waals surface area (Å²) >= 11 is 0. The van der Waals surface area contributed by atoms with Crippen molar-refractivity contribution in [3.63, 3.8) is 0 Å². The monoisotopic (exact) mass is 401 g/mol. The van der Waals surface area contributed by atoms with E-state index in [9.17, 15) is 18.0 Å². The first kappa shape index (κ1) is 18.9. The summed E-state index contributed by atoms with van der Waals surface area (Å²) in [6.45, 7) is -0.337. The second kappa shape index (κ2) is 7.54. The third-order valence-electron chi connectivity index (χ3n) is 5.40. The van der Waals surface area contributed by atoms with Crippen LogP contribution in [0.4, 0.5) is 0 Å². The highest BCUT2D eigenvalue weighted by atomic mass is 32.2. The molecule has 1 saturated carbocycles. The molecule has 7 heteroatoms. The Kier molecular flexibility index (Phi) is 5.10. The fraction of sp³-hybridized carbons (Fsp3) is 0.429. The quantitative estimate of drug-likeness (QED) is 0.693. The molecule has 6 nitrogen and oxygen atoms in total. The summed E-state index contributed by atoms with van der Waals surface area (Å²) in [5, 5.41) is 2.04. The zero-order valence-electron chi connectivity index (χ0n) is 15.5. The van der Waals surface area contributed by atoms with Crippen LogP contribution in [0, 0.1) is 0 Å². The van der Waals surface area contributed by atoms with Gasteiger partial charge in [-0.25, -0.2) is 8.42 Å². The highest BCUT2D eigenvalue weighted by molar-refractivity contribution is 7.91. The summed E-state index contributed by atoms with van der Waals surface area (Å²) in [5.41, 5.74) is 0.858. The molecule has 1 heterocycles. The Bertz CT molecular complexity index is 1010. The summed E-state index contributed by atoms with van der Waals surface area (Å²) in [4.78, 5) is 26.6. The summed E-state index contributed by atoms with van der Waals surface area (Å²) in [6, 6.07) is 13.4. The van der Waals surface area contributed by atoms with E-state index in [2.05, 4.69) is 0 Å². The number of rotatable bonds is 6. The number of hydrogen-bond acceptors (Lipinski definition) is 5. The molecule has 0 aromatic heterocycles. The molecule has 2 aromatic rings. The van der Waals surface area contributed by atoms with Gasteiger partial charge >= 0.3 is 5.97 Å². The van der Waals surface area contributed by atoms with Crippen molar-refractivity contribution in [2.75, 3.05) is 18.1 Å². The Morgan fingerprint density at radius 1 is 1.00 bits per heavy atom. The van der Waals surface area contributed by atoms with Gasteiger partial charge in [0.25, 0.3) is 5.91 Å². The van der Waals surface area contributed by atoms with E-state index in [0.29, 0.717) is 6.42 Å². The van der Waals surface area contributed by atoms with Crippen LogP contribution in [0.1, 0.15) is 24.8 Å². The highest BCUT2D eigenvalue weighted by Gasteiger charge is 2.42. The van der Waals surface area contributed by atoms with E-state index >= 15 is 0 Å².